The summed E-state index contributed by atoms with van der Waals surface area (Å²) in [5.74, 6) is -0.735. The molecule has 1 unspecified atom stereocenters. The third-order valence-electron chi connectivity index (χ3n) is 3.30. The van der Waals surface area contributed by atoms with E-state index in [1.54, 1.807) is 24.3 Å². The maximum Gasteiger partial charge on any atom is 0.516 e. The van der Waals surface area contributed by atoms with Crippen LogP contribution in [0.15, 0.2) is 60.7 Å². The number of carbonyl (C=O) groups is 1. The van der Waals surface area contributed by atoms with E-state index in [0.717, 1.165) is 5.56 Å². The summed E-state index contributed by atoms with van der Waals surface area (Å²) in [5.41, 5.74) is 0.779. The second kappa shape index (κ2) is 7.79. The average Bonchev–Trinajstić information content (AvgIpc) is 2.55. The Bertz CT molecular complexity index is 610. The van der Waals surface area contributed by atoms with Crippen LogP contribution in [0.3, 0.4) is 0 Å². The number of hydrogen-bond donors (Lipinski definition) is 0. The van der Waals surface area contributed by atoms with Gasteiger partial charge in [-0.3, -0.25) is 0 Å². The average molecular weight is 314 g/mol. The van der Waals surface area contributed by atoms with Crippen LogP contribution in [0.4, 0.5) is 4.79 Å². The van der Waals surface area contributed by atoms with E-state index in [0.29, 0.717) is 12.2 Å². The first-order valence-corrected chi connectivity index (χ1v) is 7.75. The number of hydrogen-bond acceptors (Lipinski definition) is 4. The molecule has 0 saturated heterocycles. The smallest absolute Gasteiger partial charge is 0.397 e. The minimum atomic E-state index is -1.17. The first kappa shape index (κ1) is 17.0. The fourth-order valence-electron chi connectivity index (χ4n) is 2.32. The molecule has 1 atom stereocenters. The number of para-hydroxylation sites is 1. The van der Waals surface area contributed by atoms with Crippen molar-refractivity contribution in [1.29, 1.82) is 0 Å². The van der Waals surface area contributed by atoms with Crippen molar-refractivity contribution in [3.63, 3.8) is 0 Å². The molecule has 0 bridgehead atoms. The fraction of sp³-hybridized carbons (Fsp3) is 0.316. The van der Waals surface area contributed by atoms with Gasteiger partial charge in [0.2, 0.25) is 5.79 Å². The van der Waals surface area contributed by atoms with Crippen molar-refractivity contribution < 1.29 is 19.0 Å². The molecule has 0 radical (unpaired) electrons. The molecular weight excluding hydrogens is 292 g/mol. The Morgan fingerprint density at radius 1 is 1.00 bits per heavy atom. The minimum absolute atomic E-state index is 0.111. The van der Waals surface area contributed by atoms with Crippen molar-refractivity contribution in [2.75, 3.05) is 0 Å². The van der Waals surface area contributed by atoms with E-state index in [-0.39, 0.29) is 6.10 Å². The Hall–Kier alpha value is -2.33. The summed E-state index contributed by atoms with van der Waals surface area (Å²) < 4.78 is 16.8. The van der Waals surface area contributed by atoms with Crippen LogP contribution in [0.1, 0.15) is 32.8 Å². The van der Waals surface area contributed by atoms with E-state index in [4.69, 9.17) is 14.2 Å². The van der Waals surface area contributed by atoms with Crippen molar-refractivity contribution in [3.8, 4) is 5.75 Å². The molecule has 0 aliphatic carbocycles. The van der Waals surface area contributed by atoms with E-state index in [1.165, 1.54) is 0 Å². The van der Waals surface area contributed by atoms with E-state index < -0.39 is 11.9 Å². The van der Waals surface area contributed by atoms with Crippen molar-refractivity contribution in [2.45, 2.75) is 39.1 Å². The van der Waals surface area contributed by atoms with Crippen LogP contribution in [0, 0.1) is 0 Å². The second-order valence-electron chi connectivity index (χ2n) is 5.41. The van der Waals surface area contributed by atoms with Gasteiger partial charge in [-0.2, -0.15) is 0 Å². The Kier molecular flexibility index (Phi) is 5.77. The summed E-state index contributed by atoms with van der Waals surface area (Å²) in [6.07, 6.45) is -0.429. The number of carbonyl (C=O) groups excluding carboxylic acids is 1. The normalized spacial score (nSPS) is 13.4. The molecule has 4 nitrogen and oxygen atoms in total. The molecule has 0 N–H and O–H groups in total. The highest BCUT2D eigenvalue weighted by Gasteiger charge is 2.37. The van der Waals surface area contributed by atoms with Crippen LogP contribution in [-0.2, 0) is 15.3 Å². The Morgan fingerprint density at radius 2 is 1.57 bits per heavy atom. The lowest BCUT2D eigenvalue weighted by Gasteiger charge is -2.33. The van der Waals surface area contributed by atoms with Gasteiger partial charge in [0.05, 0.1) is 6.10 Å². The summed E-state index contributed by atoms with van der Waals surface area (Å²) in [5, 5.41) is 0. The van der Waals surface area contributed by atoms with Gasteiger partial charge in [-0.05, 0) is 26.0 Å². The molecule has 2 aromatic carbocycles. The topological polar surface area (TPSA) is 44.8 Å². The van der Waals surface area contributed by atoms with E-state index in [9.17, 15) is 4.79 Å². The van der Waals surface area contributed by atoms with E-state index in [2.05, 4.69) is 0 Å². The molecule has 0 saturated carbocycles. The zero-order chi connectivity index (χ0) is 16.7. The second-order valence-corrected chi connectivity index (χ2v) is 5.41. The number of ether oxygens (including phenoxy) is 3. The maximum absolute atomic E-state index is 12.2. The lowest BCUT2D eigenvalue weighted by Crippen LogP contribution is -2.38. The lowest BCUT2D eigenvalue weighted by molar-refractivity contribution is -0.237. The van der Waals surface area contributed by atoms with Crippen LogP contribution in [-0.4, -0.2) is 12.3 Å². The molecule has 0 heterocycles. The standard InChI is InChI=1S/C19H22O4/c1-4-19(22-15(2)3,16-11-7-5-8-12-16)23-18(20)21-17-13-9-6-10-14-17/h5-15H,4H2,1-3H3. The highest BCUT2D eigenvalue weighted by atomic mass is 16.8. The van der Waals surface area contributed by atoms with Gasteiger partial charge < -0.3 is 14.2 Å². The molecule has 0 aromatic heterocycles. The SMILES string of the molecule is CCC(OC(=O)Oc1ccccc1)(OC(C)C)c1ccccc1. The van der Waals surface area contributed by atoms with Crippen LogP contribution >= 0.6 is 0 Å². The van der Waals surface area contributed by atoms with Crippen LogP contribution in [0.25, 0.3) is 0 Å². The first-order chi connectivity index (χ1) is 11.1. The summed E-state index contributed by atoms with van der Waals surface area (Å²) in [6.45, 7) is 5.71. The molecule has 23 heavy (non-hydrogen) atoms. The van der Waals surface area contributed by atoms with Gasteiger partial charge in [0, 0.05) is 12.0 Å². The molecule has 4 heteroatoms. The van der Waals surface area contributed by atoms with Crippen molar-refractivity contribution in [1.82, 2.24) is 0 Å². The molecule has 0 aliphatic heterocycles. The first-order valence-electron chi connectivity index (χ1n) is 7.75. The summed E-state index contributed by atoms with van der Waals surface area (Å²) in [6, 6.07) is 18.2. The molecule has 0 spiro atoms. The van der Waals surface area contributed by atoms with Gasteiger partial charge in [-0.1, -0.05) is 55.5 Å². The number of benzene rings is 2. The van der Waals surface area contributed by atoms with Gasteiger partial charge in [-0.25, -0.2) is 4.79 Å². The van der Waals surface area contributed by atoms with Crippen LogP contribution in [0.5, 0.6) is 5.75 Å². The Balaban J connectivity index is 2.22. The van der Waals surface area contributed by atoms with Gasteiger partial charge in [0.15, 0.2) is 0 Å². The van der Waals surface area contributed by atoms with Crippen molar-refractivity contribution in [3.05, 3.63) is 66.2 Å². The molecule has 122 valence electrons. The zero-order valence-electron chi connectivity index (χ0n) is 13.7. The number of rotatable bonds is 6. The largest absolute Gasteiger partial charge is 0.516 e. The van der Waals surface area contributed by atoms with Crippen molar-refractivity contribution >= 4 is 6.16 Å². The fourth-order valence-corrected chi connectivity index (χ4v) is 2.32. The predicted octanol–water partition coefficient (Wildman–Crippen LogP) is 4.89. The molecular formula is C19H22O4. The van der Waals surface area contributed by atoms with Gasteiger partial charge in [0.25, 0.3) is 0 Å². The van der Waals surface area contributed by atoms with Crippen LogP contribution in [0.2, 0.25) is 0 Å². The molecule has 0 aliphatic rings. The van der Waals surface area contributed by atoms with E-state index >= 15 is 0 Å². The van der Waals surface area contributed by atoms with Gasteiger partial charge in [-0.15, -0.1) is 0 Å². The van der Waals surface area contributed by atoms with Crippen LogP contribution < -0.4 is 4.74 Å². The van der Waals surface area contributed by atoms with E-state index in [1.807, 2.05) is 57.2 Å². The third-order valence-corrected chi connectivity index (χ3v) is 3.30. The molecule has 0 fully saturated rings. The Labute approximate surface area is 137 Å². The third kappa shape index (κ3) is 4.57. The highest BCUT2D eigenvalue weighted by Crippen LogP contribution is 2.33. The van der Waals surface area contributed by atoms with Gasteiger partial charge >= 0.3 is 6.16 Å². The predicted molar refractivity (Wildman–Crippen MR) is 88.2 cm³/mol. The van der Waals surface area contributed by atoms with Gasteiger partial charge in [0.1, 0.15) is 5.75 Å². The summed E-state index contributed by atoms with van der Waals surface area (Å²) >= 11 is 0. The zero-order valence-corrected chi connectivity index (χ0v) is 13.7. The molecule has 2 aromatic rings. The molecule has 0 amide bonds. The Morgan fingerprint density at radius 3 is 2.09 bits per heavy atom. The summed E-state index contributed by atoms with van der Waals surface area (Å²) in [4.78, 5) is 12.2. The summed E-state index contributed by atoms with van der Waals surface area (Å²) in [7, 11) is 0. The lowest BCUT2D eigenvalue weighted by atomic mass is 10.0. The highest BCUT2D eigenvalue weighted by molar-refractivity contribution is 5.64. The monoisotopic (exact) mass is 314 g/mol. The van der Waals surface area contributed by atoms with Crippen molar-refractivity contribution in [2.24, 2.45) is 0 Å². The minimum Gasteiger partial charge on any atom is -0.397 e. The molecule has 2 rings (SSSR count). The maximum atomic E-state index is 12.2. The quantitative estimate of drug-likeness (QED) is 0.432.